The minimum atomic E-state index is -0.967. The van der Waals surface area contributed by atoms with Crippen LogP contribution < -0.4 is 5.73 Å². The van der Waals surface area contributed by atoms with Crippen molar-refractivity contribution in [3.05, 3.63) is 35.4 Å². The molecule has 1 unspecified atom stereocenters. The molecule has 0 heterocycles. The van der Waals surface area contributed by atoms with E-state index in [0.29, 0.717) is 5.56 Å². The topological polar surface area (TPSA) is 61.5 Å². The van der Waals surface area contributed by atoms with Crippen LogP contribution in [0.2, 0.25) is 0 Å². The molecule has 0 radical (unpaired) electrons. The van der Waals surface area contributed by atoms with Crippen LogP contribution in [0.4, 0.5) is 8.78 Å². The van der Waals surface area contributed by atoms with Gasteiger partial charge in [0.1, 0.15) is 6.61 Å². The van der Waals surface area contributed by atoms with Gasteiger partial charge in [-0.25, -0.2) is 13.6 Å². The Kier molecular flexibility index (Phi) is 4.99. The van der Waals surface area contributed by atoms with Gasteiger partial charge in [0.05, 0.1) is 19.8 Å². The van der Waals surface area contributed by atoms with E-state index in [-0.39, 0.29) is 13.2 Å². The van der Waals surface area contributed by atoms with Crippen molar-refractivity contribution in [2.24, 2.45) is 5.73 Å². The second-order valence-electron chi connectivity index (χ2n) is 3.37. The van der Waals surface area contributed by atoms with E-state index < -0.39 is 23.6 Å². The molecule has 0 aliphatic carbocycles. The molecule has 0 amide bonds. The minimum absolute atomic E-state index is 0.0141. The van der Waals surface area contributed by atoms with Crippen LogP contribution in [0, 0.1) is 11.6 Å². The fourth-order valence-electron chi connectivity index (χ4n) is 1.17. The molecule has 6 heteroatoms. The fraction of sp³-hybridized carbons (Fsp3) is 0.364. The molecular weight excluding hydrogens is 232 g/mol. The number of hydrogen-bond acceptors (Lipinski definition) is 4. The van der Waals surface area contributed by atoms with Crippen LogP contribution in [0.5, 0.6) is 0 Å². The van der Waals surface area contributed by atoms with Crippen molar-refractivity contribution >= 4 is 5.97 Å². The summed E-state index contributed by atoms with van der Waals surface area (Å²) in [6, 6.07) is 2.73. The van der Waals surface area contributed by atoms with Crippen molar-refractivity contribution in [2.45, 2.75) is 6.04 Å². The highest BCUT2D eigenvalue weighted by molar-refractivity contribution is 5.70. The number of benzene rings is 1. The van der Waals surface area contributed by atoms with Crippen molar-refractivity contribution in [3.63, 3.8) is 0 Å². The lowest BCUT2D eigenvalue weighted by Crippen LogP contribution is -2.20. The maximum atomic E-state index is 12.9. The van der Waals surface area contributed by atoms with Crippen LogP contribution >= 0.6 is 0 Å². The molecule has 1 aromatic rings. The van der Waals surface area contributed by atoms with Gasteiger partial charge >= 0.3 is 5.97 Å². The van der Waals surface area contributed by atoms with Crippen LogP contribution in [-0.4, -0.2) is 26.3 Å². The zero-order valence-corrected chi connectivity index (χ0v) is 9.28. The van der Waals surface area contributed by atoms with E-state index in [1.807, 2.05) is 0 Å². The lowest BCUT2D eigenvalue weighted by Gasteiger charge is -2.12. The number of ether oxygens (including phenoxy) is 2. The summed E-state index contributed by atoms with van der Waals surface area (Å²) >= 11 is 0. The summed E-state index contributed by atoms with van der Waals surface area (Å²) in [7, 11) is 1.24. The Morgan fingerprint density at radius 3 is 2.71 bits per heavy atom. The standard InChI is InChI=1S/C11H13F2NO3/c1-16-11(15)6-17-5-10(14)7-2-3-8(12)9(13)4-7/h2-4,10H,5-6,14H2,1H3. The molecule has 17 heavy (non-hydrogen) atoms. The highest BCUT2D eigenvalue weighted by Gasteiger charge is 2.10. The van der Waals surface area contributed by atoms with E-state index >= 15 is 0 Å². The van der Waals surface area contributed by atoms with Gasteiger partial charge in [0, 0.05) is 0 Å². The lowest BCUT2D eigenvalue weighted by molar-refractivity contribution is -0.146. The summed E-state index contributed by atoms with van der Waals surface area (Å²) in [5, 5.41) is 0. The van der Waals surface area contributed by atoms with E-state index in [1.54, 1.807) is 0 Å². The Morgan fingerprint density at radius 2 is 2.12 bits per heavy atom. The number of rotatable bonds is 5. The van der Waals surface area contributed by atoms with Crippen molar-refractivity contribution in [1.82, 2.24) is 0 Å². The molecule has 94 valence electrons. The minimum Gasteiger partial charge on any atom is -0.467 e. The first kappa shape index (κ1) is 13.5. The van der Waals surface area contributed by atoms with Gasteiger partial charge in [-0.1, -0.05) is 6.07 Å². The molecule has 0 aliphatic heterocycles. The second kappa shape index (κ2) is 6.27. The van der Waals surface area contributed by atoms with Gasteiger partial charge in [-0.05, 0) is 17.7 Å². The Labute approximate surface area is 97.3 Å². The number of carbonyl (C=O) groups is 1. The predicted octanol–water partition coefficient (Wildman–Crippen LogP) is 1.15. The van der Waals surface area contributed by atoms with Gasteiger partial charge in [-0.2, -0.15) is 0 Å². The van der Waals surface area contributed by atoms with E-state index in [9.17, 15) is 13.6 Å². The SMILES string of the molecule is COC(=O)COCC(N)c1ccc(F)c(F)c1. The van der Waals surface area contributed by atoms with Crippen molar-refractivity contribution in [2.75, 3.05) is 20.3 Å². The Balaban J connectivity index is 2.49. The molecule has 0 saturated heterocycles. The maximum Gasteiger partial charge on any atom is 0.331 e. The molecule has 0 bridgehead atoms. The summed E-state index contributed by atoms with van der Waals surface area (Å²) in [4.78, 5) is 10.7. The molecule has 0 fully saturated rings. The molecule has 0 spiro atoms. The zero-order valence-electron chi connectivity index (χ0n) is 9.28. The molecule has 0 aliphatic rings. The molecule has 4 nitrogen and oxygen atoms in total. The van der Waals surface area contributed by atoms with Gasteiger partial charge in [0.2, 0.25) is 0 Å². The molecule has 1 atom stereocenters. The highest BCUT2D eigenvalue weighted by atomic mass is 19.2. The summed E-state index contributed by atoms with van der Waals surface area (Å²) in [5.74, 6) is -2.43. The maximum absolute atomic E-state index is 12.9. The predicted molar refractivity (Wildman–Crippen MR) is 56.1 cm³/mol. The quantitative estimate of drug-likeness (QED) is 0.790. The van der Waals surface area contributed by atoms with Gasteiger partial charge in [0.15, 0.2) is 11.6 Å². The molecular formula is C11H13F2NO3. The number of carbonyl (C=O) groups excluding carboxylic acids is 1. The average Bonchev–Trinajstić information content (AvgIpc) is 2.32. The Bertz CT molecular complexity index is 398. The molecule has 0 aromatic heterocycles. The third-order valence-corrected chi connectivity index (χ3v) is 2.12. The van der Waals surface area contributed by atoms with Crippen molar-refractivity contribution in [3.8, 4) is 0 Å². The number of hydrogen-bond donors (Lipinski definition) is 1. The third-order valence-electron chi connectivity index (χ3n) is 2.12. The molecule has 0 saturated carbocycles. The van der Waals surface area contributed by atoms with Crippen LogP contribution in [-0.2, 0) is 14.3 Å². The molecule has 1 rings (SSSR count). The van der Waals surface area contributed by atoms with Crippen LogP contribution in [0.15, 0.2) is 18.2 Å². The van der Waals surface area contributed by atoms with Crippen molar-refractivity contribution < 1.29 is 23.0 Å². The van der Waals surface area contributed by atoms with E-state index in [0.717, 1.165) is 12.1 Å². The Morgan fingerprint density at radius 1 is 1.41 bits per heavy atom. The number of nitrogens with two attached hydrogens (primary N) is 1. The van der Waals surface area contributed by atoms with E-state index in [1.165, 1.54) is 13.2 Å². The molecule has 1 aromatic carbocycles. The smallest absolute Gasteiger partial charge is 0.331 e. The summed E-state index contributed by atoms with van der Waals surface area (Å²) in [6.07, 6.45) is 0. The van der Waals surface area contributed by atoms with Crippen LogP contribution in [0.25, 0.3) is 0 Å². The zero-order chi connectivity index (χ0) is 12.8. The van der Waals surface area contributed by atoms with Crippen LogP contribution in [0.3, 0.4) is 0 Å². The Hall–Kier alpha value is -1.53. The fourth-order valence-corrected chi connectivity index (χ4v) is 1.17. The average molecular weight is 245 g/mol. The normalized spacial score (nSPS) is 12.2. The van der Waals surface area contributed by atoms with Gasteiger partial charge in [-0.15, -0.1) is 0 Å². The van der Waals surface area contributed by atoms with Crippen LogP contribution in [0.1, 0.15) is 11.6 Å². The summed E-state index contributed by atoms with van der Waals surface area (Å²) in [6.45, 7) is -0.214. The third kappa shape index (κ3) is 4.08. The number of methoxy groups -OCH3 is 1. The van der Waals surface area contributed by atoms with E-state index in [2.05, 4.69) is 4.74 Å². The van der Waals surface area contributed by atoms with Gasteiger partial charge < -0.3 is 15.2 Å². The number of halogens is 2. The largest absolute Gasteiger partial charge is 0.467 e. The number of esters is 1. The monoisotopic (exact) mass is 245 g/mol. The first-order valence-corrected chi connectivity index (χ1v) is 4.89. The summed E-state index contributed by atoms with van der Waals surface area (Å²) < 4.78 is 34.9. The first-order chi connectivity index (χ1) is 8.04. The van der Waals surface area contributed by atoms with Gasteiger partial charge in [-0.3, -0.25) is 0 Å². The first-order valence-electron chi connectivity index (χ1n) is 4.89. The second-order valence-corrected chi connectivity index (χ2v) is 3.37. The van der Waals surface area contributed by atoms with Crippen molar-refractivity contribution in [1.29, 1.82) is 0 Å². The lowest BCUT2D eigenvalue weighted by atomic mass is 10.1. The highest BCUT2D eigenvalue weighted by Crippen LogP contribution is 2.14. The summed E-state index contributed by atoms with van der Waals surface area (Å²) in [5.41, 5.74) is 6.07. The molecule has 2 N–H and O–H groups in total. The van der Waals surface area contributed by atoms with Gasteiger partial charge in [0.25, 0.3) is 0 Å². The van der Waals surface area contributed by atoms with E-state index in [4.69, 9.17) is 10.5 Å².